The number of hydrogen-bond acceptors (Lipinski definition) is 5. The van der Waals surface area contributed by atoms with Gasteiger partial charge in [0.05, 0.1) is 28.3 Å². The van der Waals surface area contributed by atoms with Crippen LogP contribution in [0.5, 0.6) is 0 Å². The van der Waals surface area contributed by atoms with E-state index in [1.807, 2.05) is 17.5 Å². The van der Waals surface area contributed by atoms with E-state index < -0.39 is 0 Å². The van der Waals surface area contributed by atoms with Gasteiger partial charge < -0.3 is 10.1 Å². The molecule has 0 aliphatic rings. The van der Waals surface area contributed by atoms with E-state index in [2.05, 4.69) is 10.3 Å². The Bertz CT molecular complexity index is 874. The van der Waals surface area contributed by atoms with Crippen LogP contribution >= 0.6 is 11.3 Å². The molecule has 2 aromatic heterocycles. The molecule has 0 spiro atoms. The highest BCUT2D eigenvalue weighted by Crippen LogP contribution is 2.26. The number of benzene rings is 1. The van der Waals surface area contributed by atoms with Gasteiger partial charge in [-0.1, -0.05) is 6.07 Å². The lowest BCUT2D eigenvalue weighted by atomic mass is 10.1. The number of anilines is 1. The number of rotatable bonds is 5. The number of ether oxygens (including phenoxy) is 1. The highest BCUT2D eigenvalue weighted by atomic mass is 32.1. The first-order valence-corrected chi connectivity index (χ1v) is 8.64. The monoisotopic (exact) mass is 352 g/mol. The molecule has 0 radical (unpaired) electrons. The van der Waals surface area contributed by atoms with Crippen molar-refractivity contribution < 1.29 is 14.3 Å². The predicted octanol–water partition coefficient (Wildman–Crippen LogP) is 4.24. The van der Waals surface area contributed by atoms with Gasteiger partial charge in [-0.3, -0.25) is 9.78 Å². The van der Waals surface area contributed by atoms with Crippen molar-refractivity contribution in [3.63, 3.8) is 0 Å². The lowest BCUT2D eigenvalue weighted by Gasteiger charge is -2.09. The first-order chi connectivity index (χ1) is 12.2. The van der Waals surface area contributed by atoms with Crippen LogP contribution in [0.3, 0.4) is 0 Å². The lowest BCUT2D eigenvalue weighted by Crippen LogP contribution is -2.14. The van der Waals surface area contributed by atoms with Gasteiger partial charge in [-0.2, -0.15) is 0 Å². The standard InChI is InChI=1S/C19H16N2O3S/c1-2-24-19(23)13-7-9-14(10-8-13)21-18(22)15-5-3-11-20-17(15)16-6-4-12-25-16/h3-12H,2H2,1H3,(H,21,22). The molecule has 2 heterocycles. The maximum Gasteiger partial charge on any atom is 0.338 e. The van der Waals surface area contributed by atoms with Crippen molar-refractivity contribution in [1.82, 2.24) is 4.98 Å². The van der Waals surface area contributed by atoms with Gasteiger partial charge in [0.25, 0.3) is 5.91 Å². The molecule has 25 heavy (non-hydrogen) atoms. The first kappa shape index (κ1) is 16.9. The van der Waals surface area contributed by atoms with Crippen LogP contribution in [0.4, 0.5) is 5.69 Å². The summed E-state index contributed by atoms with van der Waals surface area (Å²) >= 11 is 1.53. The van der Waals surface area contributed by atoms with E-state index in [4.69, 9.17) is 4.74 Å². The van der Waals surface area contributed by atoms with Crippen LogP contribution in [0.1, 0.15) is 27.6 Å². The Kier molecular flexibility index (Phi) is 5.20. The number of carbonyl (C=O) groups is 2. The van der Waals surface area contributed by atoms with E-state index in [1.54, 1.807) is 49.5 Å². The number of aromatic nitrogens is 1. The van der Waals surface area contributed by atoms with Gasteiger partial charge in [0, 0.05) is 11.9 Å². The maximum absolute atomic E-state index is 12.6. The Morgan fingerprint density at radius 2 is 1.92 bits per heavy atom. The molecular weight excluding hydrogens is 336 g/mol. The normalized spacial score (nSPS) is 10.3. The molecule has 1 N–H and O–H groups in total. The number of pyridine rings is 1. The zero-order valence-electron chi connectivity index (χ0n) is 13.6. The third-order valence-electron chi connectivity index (χ3n) is 3.46. The summed E-state index contributed by atoms with van der Waals surface area (Å²) in [4.78, 5) is 29.5. The molecule has 126 valence electrons. The van der Waals surface area contributed by atoms with E-state index in [1.165, 1.54) is 11.3 Å². The van der Waals surface area contributed by atoms with Crippen molar-refractivity contribution in [1.29, 1.82) is 0 Å². The maximum atomic E-state index is 12.6. The molecule has 6 heteroatoms. The second-order valence-electron chi connectivity index (χ2n) is 5.13. The van der Waals surface area contributed by atoms with E-state index in [-0.39, 0.29) is 11.9 Å². The third-order valence-corrected chi connectivity index (χ3v) is 4.34. The lowest BCUT2D eigenvalue weighted by molar-refractivity contribution is 0.0526. The average Bonchev–Trinajstić information content (AvgIpc) is 3.17. The van der Waals surface area contributed by atoms with E-state index in [9.17, 15) is 9.59 Å². The van der Waals surface area contributed by atoms with Gasteiger partial charge in [-0.05, 0) is 54.8 Å². The Labute approximate surface area is 149 Å². The van der Waals surface area contributed by atoms with Crippen molar-refractivity contribution in [2.45, 2.75) is 6.92 Å². The largest absolute Gasteiger partial charge is 0.462 e. The summed E-state index contributed by atoms with van der Waals surface area (Å²) in [5.41, 5.74) is 2.19. The van der Waals surface area contributed by atoms with Crippen molar-refractivity contribution in [3.8, 4) is 10.6 Å². The fraction of sp³-hybridized carbons (Fsp3) is 0.105. The number of nitrogens with one attached hydrogen (secondary N) is 1. The molecule has 0 atom stereocenters. The van der Waals surface area contributed by atoms with Crippen molar-refractivity contribution >= 4 is 28.9 Å². The van der Waals surface area contributed by atoms with Gasteiger partial charge in [0.2, 0.25) is 0 Å². The molecule has 0 aliphatic heterocycles. The molecule has 0 unspecified atom stereocenters. The Morgan fingerprint density at radius 1 is 1.12 bits per heavy atom. The molecule has 0 aliphatic carbocycles. The summed E-state index contributed by atoms with van der Waals surface area (Å²) in [6, 6.07) is 13.9. The van der Waals surface area contributed by atoms with Gasteiger partial charge in [-0.25, -0.2) is 4.79 Å². The summed E-state index contributed by atoms with van der Waals surface area (Å²) in [5.74, 6) is -0.631. The van der Waals surface area contributed by atoms with Crippen LogP contribution in [0.2, 0.25) is 0 Å². The highest BCUT2D eigenvalue weighted by Gasteiger charge is 2.15. The van der Waals surface area contributed by atoms with Crippen LogP contribution in [0, 0.1) is 0 Å². The minimum Gasteiger partial charge on any atom is -0.462 e. The summed E-state index contributed by atoms with van der Waals surface area (Å²) in [6.07, 6.45) is 1.67. The number of nitrogens with zero attached hydrogens (tertiary/aromatic N) is 1. The van der Waals surface area contributed by atoms with Gasteiger partial charge in [0.1, 0.15) is 0 Å². The van der Waals surface area contributed by atoms with Crippen LogP contribution in [0.25, 0.3) is 10.6 Å². The van der Waals surface area contributed by atoms with E-state index in [0.717, 1.165) is 4.88 Å². The zero-order chi connectivity index (χ0) is 17.6. The van der Waals surface area contributed by atoms with Crippen LogP contribution in [-0.4, -0.2) is 23.5 Å². The first-order valence-electron chi connectivity index (χ1n) is 7.76. The number of thiophene rings is 1. The molecule has 0 fully saturated rings. The molecular formula is C19H16N2O3S. The molecule has 5 nitrogen and oxygen atoms in total. The smallest absolute Gasteiger partial charge is 0.338 e. The second-order valence-corrected chi connectivity index (χ2v) is 6.08. The minimum atomic E-state index is -0.382. The molecule has 1 aromatic carbocycles. The van der Waals surface area contributed by atoms with Gasteiger partial charge in [-0.15, -0.1) is 11.3 Å². The SMILES string of the molecule is CCOC(=O)c1ccc(NC(=O)c2cccnc2-c2cccs2)cc1. The summed E-state index contributed by atoms with van der Waals surface area (Å²) in [7, 11) is 0. The molecule has 3 rings (SSSR count). The number of hydrogen-bond donors (Lipinski definition) is 1. The van der Waals surface area contributed by atoms with Crippen LogP contribution in [0.15, 0.2) is 60.1 Å². The Balaban J connectivity index is 1.78. The van der Waals surface area contributed by atoms with E-state index >= 15 is 0 Å². The van der Waals surface area contributed by atoms with E-state index in [0.29, 0.717) is 29.1 Å². The molecule has 3 aromatic rings. The third kappa shape index (κ3) is 3.92. The van der Waals surface area contributed by atoms with Crippen LogP contribution in [-0.2, 0) is 4.74 Å². The Hall–Kier alpha value is -2.99. The van der Waals surface area contributed by atoms with Crippen molar-refractivity contribution in [2.75, 3.05) is 11.9 Å². The summed E-state index contributed by atoms with van der Waals surface area (Å²) < 4.78 is 4.94. The predicted molar refractivity (Wildman–Crippen MR) is 97.9 cm³/mol. The van der Waals surface area contributed by atoms with Crippen molar-refractivity contribution in [3.05, 3.63) is 71.2 Å². The highest BCUT2D eigenvalue weighted by molar-refractivity contribution is 7.13. The molecule has 0 saturated carbocycles. The fourth-order valence-electron chi connectivity index (χ4n) is 2.30. The average molecular weight is 352 g/mol. The zero-order valence-corrected chi connectivity index (χ0v) is 14.4. The quantitative estimate of drug-likeness (QED) is 0.698. The summed E-state index contributed by atoms with van der Waals surface area (Å²) in [5, 5.41) is 4.78. The Morgan fingerprint density at radius 3 is 2.60 bits per heavy atom. The van der Waals surface area contributed by atoms with Gasteiger partial charge >= 0.3 is 5.97 Å². The topological polar surface area (TPSA) is 68.3 Å². The fourth-order valence-corrected chi connectivity index (χ4v) is 3.04. The molecule has 0 saturated heterocycles. The molecule has 1 amide bonds. The number of carbonyl (C=O) groups excluding carboxylic acids is 2. The van der Waals surface area contributed by atoms with Crippen LogP contribution < -0.4 is 5.32 Å². The summed E-state index contributed by atoms with van der Waals surface area (Å²) in [6.45, 7) is 2.08. The number of esters is 1. The molecule has 0 bridgehead atoms. The number of amides is 1. The minimum absolute atomic E-state index is 0.250. The van der Waals surface area contributed by atoms with Crippen molar-refractivity contribution in [2.24, 2.45) is 0 Å². The second kappa shape index (κ2) is 7.72. The van der Waals surface area contributed by atoms with Gasteiger partial charge in [0.15, 0.2) is 0 Å².